The summed E-state index contributed by atoms with van der Waals surface area (Å²) in [4.78, 5) is 23.1. The predicted molar refractivity (Wildman–Crippen MR) is 95.5 cm³/mol. The van der Waals surface area contributed by atoms with Crippen molar-refractivity contribution >= 4 is 23.1 Å². The highest BCUT2D eigenvalue weighted by molar-refractivity contribution is 7.14. The van der Waals surface area contributed by atoms with Gasteiger partial charge in [-0.3, -0.25) is 4.79 Å². The van der Waals surface area contributed by atoms with Gasteiger partial charge in [0, 0.05) is 37.3 Å². The van der Waals surface area contributed by atoms with Gasteiger partial charge in [-0.25, -0.2) is 4.98 Å². The zero-order valence-corrected chi connectivity index (χ0v) is 14.8. The summed E-state index contributed by atoms with van der Waals surface area (Å²) in [5.74, 6) is 0.933. The molecule has 0 bridgehead atoms. The largest absolute Gasteiger partial charge is 0.353 e. The molecule has 0 atom stereocenters. The van der Waals surface area contributed by atoms with E-state index >= 15 is 0 Å². The Labute approximate surface area is 146 Å². The van der Waals surface area contributed by atoms with Crippen LogP contribution in [0.25, 0.3) is 0 Å². The maximum absolute atomic E-state index is 12.7. The summed E-state index contributed by atoms with van der Waals surface area (Å²) in [5.41, 5.74) is 1.87. The van der Waals surface area contributed by atoms with Crippen LogP contribution < -0.4 is 4.90 Å². The maximum atomic E-state index is 12.7. The van der Waals surface area contributed by atoms with E-state index in [0.717, 1.165) is 30.2 Å². The molecule has 6 heteroatoms. The predicted octanol–water partition coefficient (Wildman–Crippen LogP) is 2.85. The van der Waals surface area contributed by atoms with Crippen LogP contribution in [-0.4, -0.2) is 42.0 Å². The van der Waals surface area contributed by atoms with Gasteiger partial charge in [-0.1, -0.05) is 6.92 Å². The van der Waals surface area contributed by atoms with E-state index in [1.54, 1.807) is 29.7 Å². The van der Waals surface area contributed by atoms with Crippen molar-refractivity contribution in [3.8, 4) is 6.07 Å². The molecule has 1 aliphatic rings. The molecule has 1 amide bonds. The van der Waals surface area contributed by atoms with Gasteiger partial charge in [0.15, 0.2) is 0 Å². The standard InChI is InChI=1S/C18H20N4OS/c1-3-15-11-16(24-13(15)2)18(23)22-8-6-21(7-9-22)17-10-14(12-19)4-5-20-17/h4-5,10-11H,3,6-9H2,1-2H3. The Morgan fingerprint density at radius 1 is 1.33 bits per heavy atom. The molecule has 5 nitrogen and oxygen atoms in total. The second-order valence-electron chi connectivity index (χ2n) is 5.84. The molecule has 1 saturated heterocycles. The van der Waals surface area contributed by atoms with Crippen molar-refractivity contribution in [1.29, 1.82) is 5.26 Å². The summed E-state index contributed by atoms with van der Waals surface area (Å²) in [7, 11) is 0. The number of hydrogen-bond donors (Lipinski definition) is 0. The summed E-state index contributed by atoms with van der Waals surface area (Å²) in [6.45, 7) is 7.01. The molecule has 2 aromatic heterocycles. The van der Waals surface area contributed by atoms with Crippen LogP contribution in [0.1, 0.15) is 32.6 Å². The van der Waals surface area contributed by atoms with E-state index in [-0.39, 0.29) is 5.91 Å². The van der Waals surface area contributed by atoms with Gasteiger partial charge in [-0.15, -0.1) is 11.3 Å². The molecule has 0 radical (unpaired) electrons. The summed E-state index contributed by atoms with van der Waals surface area (Å²) < 4.78 is 0. The molecule has 1 fully saturated rings. The third-order valence-corrected chi connectivity index (χ3v) is 5.46. The Balaban J connectivity index is 1.66. The molecule has 3 rings (SSSR count). The number of carbonyl (C=O) groups is 1. The fourth-order valence-electron chi connectivity index (χ4n) is 2.93. The fourth-order valence-corrected chi connectivity index (χ4v) is 4.01. The second kappa shape index (κ2) is 7.02. The SMILES string of the molecule is CCc1cc(C(=O)N2CCN(c3cc(C#N)ccn3)CC2)sc1C. The minimum atomic E-state index is 0.126. The van der Waals surface area contributed by atoms with Crippen LogP contribution in [0.5, 0.6) is 0 Å². The average Bonchev–Trinajstić information content (AvgIpc) is 3.02. The number of anilines is 1. The van der Waals surface area contributed by atoms with Crippen LogP contribution in [0.3, 0.4) is 0 Å². The number of aryl methyl sites for hydroxylation is 2. The van der Waals surface area contributed by atoms with Crippen LogP contribution in [0.4, 0.5) is 5.82 Å². The minimum Gasteiger partial charge on any atom is -0.353 e. The number of aromatic nitrogens is 1. The molecule has 0 unspecified atom stereocenters. The number of piperazine rings is 1. The van der Waals surface area contributed by atoms with Gasteiger partial charge in [0.05, 0.1) is 16.5 Å². The quantitative estimate of drug-likeness (QED) is 0.862. The first kappa shape index (κ1) is 16.5. The highest BCUT2D eigenvalue weighted by Crippen LogP contribution is 2.24. The van der Waals surface area contributed by atoms with Crippen molar-refractivity contribution in [1.82, 2.24) is 9.88 Å². The summed E-state index contributed by atoms with van der Waals surface area (Å²) in [5, 5.41) is 9.00. The Morgan fingerprint density at radius 3 is 2.71 bits per heavy atom. The molecule has 0 aromatic carbocycles. The van der Waals surface area contributed by atoms with Crippen LogP contribution >= 0.6 is 11.3 Å². The molecule has 124 valence electrons. The van der Waals surface area contributed by atoms with E-state index in [2.05, 4.69) is 29.8 Å². The number of hydrogen-bond acceptors (Lipinski definition) is 5. The van der Waals surface area contributed by atoms with Crippen LogP contribution in [-0.2, 0) is 6.42 Å². The van der Waals surface area contributed by atoms with Crippen LogP contribution in [0.2, 0.25) is 0 Å². The minimum absolute atomic E-state index is 0.126. The van der Waals surface area contributed by atoms with Gasteiger partial charge in [0.25, 0.3) is 5.91 Å². The van der Waals surface area contributed by atoms with Crippen LogP contribution in [0, 0.1) is 18.3 Å². The Hall–Kier alpha value is -2.39. The van der Waals surface area contributed by atoms with Gasteiger partial charge in [0.2, 0.25) is 0 Å². The van der Waals surface area contributed by atoms with Crippen molar-refractivity contribution in [2.45, 2.75) is 20.3 Å². The molecule has 1 aliphatic heterocycles. The third-order valence-electron chi connectivity index (χ3n) is 4.38. The first-order chi connectivity index (χ1) is 11.6. The zero-order valence-electron chi connectivity index (χ0n) is 14.0. The van der Waals surface area contributed by atoms with Gasteiger partial charge in [-0.2, -0.15) is 5.26 Å². The van der Waals surface area contributed by atoms with Crippen LogP contribution in [0.15, 0.2) is 24.4 Å². The van der Waals surface area contributed by atoms with E-state index in [0.29, 0.717) is 18.7 Å². The second-order valence-corrected chi connectivity index (χ2v) is 7.10. The highest BCUT2D eigenvalue weighted by Gasteiger charge is 2.24. The third kappa shape index (κ3) is 3.26. The topological polar surface area (TPSA) is 60.2 Å². The molecule has 0 saturated carbocycles. The summed E-state index contributed by atoms with van der Waals surface area (Å²) >= 11 is 1.59. The molecular formula is C18H20N4OS. The van der Waals surface area contributed by atoms with Gasteiger partial charge >= 0.3 is 0 Å². The number of amides is 1. The lowest BCUT2D eigenvalue weighted by molar-refractivity contribution is 0.0751. The first-order valence-corrected chi connectivity index (χ1v) is 8.93. The maximum Gasteiger partial charge on any atom is 0.264 e. The normalized spacial score (nSPS) is 14.5. The Kier molecular flexibility index (Phi) is 4.81. The summed E-state index contributed by atoms with van der Waals surface area (Å²) in [6.07, 6.45) is 2.62. The molecule has 3 heterocycles. The van der Waals surface area contributed by atoms with Crippen molar-refractivity contribution in [3.05, 3.63) is 45.3 Å². The highest BCUT2D eigenvalue weighted by atomic mass is 32.1. The Morgan fingerprint density at radius 2 is 2.08 bits per heavy atom. The number of carbonyl (C=O) groups excluding carboxylic acids is 1. The van der Waals surface area contributed by atoms with Crippen molar-refractivity contribution in [3.63, 3.8) is 0 Å². The van der Waals surface area contributed by atoms with Crippen molar-refractivity contribution < 1.29 is 4.79 Å². The average molecular weight is 340 g/mol. The lowest BCUT2D eigenvalue weighted by atomic mass is 10.2. The lowest BCUT2D eigenvalue weighted by Crippen LogP contribution is -2.48. The number of thiophene rings is 1. The summed E-state index contributed by atoms with van der Waals surface area (Å²) in [6, 6.07) is 7.67. The van der Waals surface area contributed by atoms with E-state index < -0.39 is 0 Å². The zero-order chi connectivity index (χ0) is 17.1. The lowest BCUT2D eigenvalue weighted by Gasteiger charge is -2.35. The van der Waals surface area contributed by atoms with E-state index in [4.69, 9.17) is 5.26 Å². The fraction of sp³-hybridized carbons (Fsp3) is 0.389. The number of nitriles is 1. The van der Waals surface area contributed by atoms with Gasteiger partial charge in [0.1, 0.15) is 5.82 Å². The molecule has 0 aliphatic carbocycles. The Bertz CT molecular complexity index is 785. The number of nitrogens with zero attached hydrogens (tertiary/aromatic N) is 4. The monoisotopic (exact) mass is 340 g/mol. The number of rotatable bonds is 3. The molecule has 0 spiro atoms. The van der Waals surface area contributed by atoms with Crippen molar-refractivity contribution in [2.24, 2.45) is 0 Å². The van der Waals surface area contributed by atoms with Crippen molar-refractivity contribution in [2.75, 3.05) is 31.1 Å². The van der Waals surface area contributed by atoms with E-state index in [9.17, 15) is 4.79 Å². The smallest absolute Gasteiger partial charge is 0.264 e. The van der Waals surface area contributed by atoms with E-state index in [1.165, 1.54) is 10.4 Å². The van der Waals surface area contributed by atoms with Gasteiger partial charge in [-0.05, 0) is 37.1 Å². The molecule has 2 aromatic rings. The molecule has 24 heavy (non-hydrogen) atoms. The molecule has 0 N–H and O–H groups in total. The van der Waals surface area contributed by atoms with Gasteiger partial charge < -0.3 is 9.80 Å². The number of pyridine rings is 1. The molecular weight excluding hydrogens is 320 g/mol. The van der Waals surface area contributed by atoms with E-state index in [1.807, 2.05) is 11.0 Å². The first-order valence-electron chi connectivity index (χ1n) is 8.12.